The third kappa shape index (κ3) is 2.09. The number of hydrogen-bond acceptors (Lipinski definition) is 4. The van der Waals surface area contributed by atoms with E-state index in [1.165, 1.54) is 15.9 Å². The Morgan fingerprint density at radius 1 is 1.39 bits per heavy atom. The number of carbonyl (C=O) groups excluding carboxylic acids is 2. The molecule has 0 aromatic carbocycles. The molecule has 3 heterocycles. The highest BCUT2D eigenvalue weighted by Gasteiger charge is 2.51. The zero-order valence-electron chi connectivity index (χ0n) is 13.6. The zero-order chi connectivity index (χ0) is 16.9. The van der Waals surface area contributed by atoms with Gasteiger partial charge in [-0.1, -0.05) is 11.1 Å². The fraction of sp³-hybridized carbons (Fsp3) is 0.400. The lowest BCUT2D eigenvalue weighted by Crippen LogP contribution is -2.62. The van der Waals surface area contributed by atoms with Gasteiger partial charge in [0, 0.05) is 13.6 Å². The van der Waals surface area contributed by atoms with Crippen molar-refractivity contribution in [3.05, 3.63) is 30.1 Å². The van der Waals surface area contributed by atoms with Gasteiger partial charge in [0.1, 0.15) is 5.69 Å². The molecule has 0 saturated carbocycles. The molecular weight excluding hydrogens is 296 g/mol. The van der Waals surface area contributed by atoms with E-state index in [-0.39, 0.29) is 12.5 Å². The number of fused-ring (bicyclic) bond motifs is 1. The largest absolute Gasteiger partial charge is 0.421 e. The molecule has 1 aromatic heterocycles. The van der Waals surface area contributed by atoms with E-state index in [4.69, 9.17) is 0 Å². The molecule has 0 aliphatic carbocycles. The normalized spacial score (nSPS) is 21.0. The van der Waals surface area contributed by atoms with Crippen molar-refractivity contribution >= 4 is 23.7 Å². The molecule has 0 spiro atoms. The summed E-state index contributed by atoms with van der Waals surface area (Å²) < 4.78 is 3.43. The SMILES string of the molecule is C=CCN1C(=O)C2C(=NC(n3nc(C)cc3C)=[N+]2C)N(C)C1=O. The van der Waals surface area contributed by atoms with E-state index in [2.05, 4.69) is 16.7 Å². The molecule has 0 radical (unpaired) electrons. The Labute approximate surface area is 134 Å². The topological polar surface area (TPSA) is 73.8 Å². The molecule has 3 amide bonds. The van der Waals surface area contributed by atoms with Crippen LogP contribution in [0.5, 0.6) is 0 Å². The lowest BCUT2D eigenvalue weighted by atomic mass is 10.1. The van der Waals surface area contributed by atoms with Gasteiger partial charge in [0.15, 0.2) is 0 Å². The van der Waals surface area contributed by atoms with Crippen molar-refractivity contribution in [3.8, 4) is 0 Å². The summed E-state index contributed by atoms with van der Waals surface area (Å²) in [7, 11) is 3.40. The lowest BCUT2D eigenvalue weighted by Gasteiger charge is -2.32. The first-order valence-corrected chi connectivity index (χ1v) is 7.28. The Bertz CT molecular complexity index is 788. The smallest absolute Gasteiger partial charge is 0.270 e. The quantitative estimate of drug-likeness (QED) is 0.578. The third-order valence-corrected chi connectivity index (χ3v) is 4.03. The van der Waals surface area contributed by atoms with Gasteiger partial charge in [-0.2, -0.15) is 0 Å². The standard InChI is InChI=1S/C15H19N6O2/c1-6-7-20-13(22)11-12(19(5)15(20)23)16-14(18(11)4)21-10(3)8-9(2)17-21/h6,8,11H,1,7H2,2-5H3/q+1. The van der Waals surface area contributed by atoms with Gasteiger partial charge in [0.2, 0.25) is 11.9 Å². The van der Waals surface area contributed by atoms with Crippen LogP contribution in [0.2, 0.25) is 0 Å². The molecule has 2 aliphatic rings. The molecule has 1 fully saturated rings. The Balaban J connectivity index is 2.10. The second-order valence-corrected chi connectivity index (χ2v) is 5.70. The summed E-state index contributed by atoms with van der Waals surface area (Å²) in [5.41, 5.74) is 1.78. The van der Waals surface area contributed by atoms with Gasteiger partial charge in [-0.05, 0) is 19.9 Å². The predicted octanol–water partition coefficient (Wildman–Crippen LogP) is 0.207. The fourth-order valence-corrected chi connectivity index (χ4v) is 2.91. The van der Waals surface area contributed by atoms with Crippen LogP contribution in [0.3, 0.4) is 0 Å². The zero-order valence-corrected chi connectivity index (χ0v) is 13.6. The molecule has 1 unspecified atom stereocenters. The molecule has 1 aromatic rings. The van der Waals surface area contributed by atoms with Crippen molar-refractivity contribution in [3.63, 3.8) is 0 Å². The molecule has 0 N–H and O–H groups in total. The summed E-state index contributed by atoms with van der Waals surface area (Å²) in [6.07, 6.45) is 1.53. The van der Waals surface area contributed by atoms with E-state index in [1.54, 1.807) is 23.4 Å². The molecule has 8 heteroatoms. The van der Waals surface area contributed by atoms with Gasteiger partial charge in [-0.15, -0.1) is 16.4 Å². The van der Waals surface area contributed by atoms with Crippen LogP contribution in [-0.2, 0) is 4.79 Å². The third-order valence-electron chi connectivity index (χ3n) is 4.03. The molecule has 120 valence electrons. The molecule has 0 bridgehead atoms. The van der Waals surface area contributed by atoms with Crippen LogP contribution in [0.4, 0.5) is 4.79 Å². The monoisotopic (exact) mass is 315 g/mol. The first kappa shape index (κ1) is 15.1. The summed E-state index contributed by atoms with van der Waals surface area (Å²) >= 11 is 0. The van der Waals surface area contributed by atoms with Gasteiger partial charge >= 0.3 is 12.0 Å². The number of aromatic nitrogens is 2. The number of urea groups is 1. The van der Waals surface area contributed by atoms with Gasteiger partial charge in [0.05, 0.1) is 12.7 Å². The van der Waals surface area contributed by atoms with Crippen LogP contribution in [0.15, 0.2) is 23.7 Å². The van der Waals surface area contributed by atoms with E-state index in [0.29, 0.717) is 11.8 Å². The van der Waals surface area contributed by atoms with Crippen LogP contribution in [0.1, 0.15) is 11.4 Å². The van der Waals surface area contributed by atoms with Gasteiger partial charge in [-0.25, -0.2) is 9.37 Å². The molecule has 1 atom stereocenters. The Kier molecular flexibility index (Phi) is 3.39. The van der Waals surface area contributed by atoms with Crippen molar-refractivity contribution in [2.24, 2.45) is 4.99 Å². The minimum Gasteiger partial charge on any atom is -0.270 e. The van der Waals surface area contributed by atoms with Crippen LogP contribution < -0.4 is 0 Å². The average Bonchev–Trinajstić information content (AvgIpc) is 3.01. The number of carbonyl (C=O) groups is 2. The maximum atomic E-state index is 12.7. The number of hydrogen-bond donors (Lipinski definition) is 0. The summed E-state index contributed by atoms with van der Waals surface area (Å²) in [5.74, 6) is 0.653. The summed E-state index contributed by atoms with van der Waals surface area (Å²) in [6, 6.07) is 0.911. The Morgan fingerprint density at radius 3 is 2.65 bits per heavy atom. The first-order chi connectivity index (χ1) is 10.9. The second-order valence-electron chi connectivity index (χ2n) is 5.70. The first-order valence-electron chi connectivity index (χ1n) is 7.28. The van der Waals surface area contributed by atoms with Crippen LogP contribution in [0, 0.1) is 13.8 Å². The second kappa shape index (κ2) is 5.15. The minimum atomic E-state index is -0.628. The average molecular weight is 315 g/mol. The Morgan fingerprint density at radius 2 is 2.09 bits per heavy atom. The maximum Gasteiger partial charge on any atom is 0.421 e. The van der Waals surface area contributed by atoms with E-state index in [0.717, 1.165) is 11.4 Å². The molecule has 3 rings (SSSR count). The van der Waals surface area contributed by atoms with Crippen molar-refractivity contribution in [2.45, 2.75) is 19.9 Å². The summed E-state index contributed by atoms with van der Waals surface area (Å²) in [5, 5.41) is 4.41. The summed E-state index contributed by atoms with van der Waals surface area (Å²) in [6.45, 7) is 7.59. The molecule has 23 heavy (non-hydrogen) atoms. The van der Waals surface area contributed by atoms with Crippen molar-refractivity contribution in [1.29, 1.82) is 0 Å². The maximum absolute atomic E-state index is 12.7. The van der Waals surface area contributed by atoms with Crippen LogP contribution in [0.25, 0.3) is 0 Å². The molecule has 1 saturated heterocycles. The highest BCUT2D eigenvalue weighted by atomic mass is 16.2. The van der Waals surface area contributed by atoms with Gasteiger partial charge in [0.25, 0.3) is 5.91 Å². The fourth-order valence-electron chi connectivity index (χ4n) is 2.91. The molecule has 8 nitrogen and oxygen atoms in total. The highest BCUT2D eigenvalue weighted by Crippen LogP contribution is 2.20. The van der Waals surface area contributed by atoms with Crippen molar-refractivity contribution in [1.82, 2.24) is 19.6 Å². The Hall–Kier alpha value is -2.77. The summed E-state index contributed by atoms with van der Waals surface area (Å²) in [4.78, 5) is 32.1. The number of likely N-dealkylation sites (N-methyl/N-ethyl adjacent to an activating group) is 2. The minimum absolute atomic E-state index is 0.175. The van der Waals surface area contributed by atoms with E-state index in [9.17, 15) is 9.59 Å². The number of amidine groups is 1. The number of nitrogens with zero attached hydrogens (tertiary/aromatic N) is 6. The predicted molar refractivity (Wildman–Crippen MR) is 84.6 cm³/mol. The van der Waals surface area contributed by atoms with Crippen LogP contribution in [-0.4, -0.2) is 74.6 Å². The van der Waals surface area contributed by atoms with Crippen LogP contribution >= 0.6 is 0 Å². The number of imide groups is 1. The molecule has 2 aliphatic heterocycles. The van der Waals surface area contributed by atoms with Crippen molar-refractivity contribution < 1.29 is 14.2 Å². The number of aliphatic imine (C=N–C) groups is 1. The van der Waals surface area contributed by atoms with E-state index < -0.39 is 12.1 Å². The van der Waals surface area contributed by atoms with Gasteiger partial charge < -0.3 is 0 Å². The lowest BCUT2D eigenvalue weighted by molar-refractivity contribution is -0.507. The van der Waals surface area contributed by atoms with E-state index >= 15 is 0 Å². The molecular formula is C15H19N6O2+. The number of amides is 3. The number of rotatable bonds is 2. The van der Waals surface area contributed by atoms with Gasteiger partial charge in [-0.3, -0.25) is 14.6 Å². The number of aryl methyl sites for hydroxylation is 2. The van der Waals surface area contributed by atoms with Crippen molar-refractivity contribution in [2.75, 3.05) is 20.6 Å². The highest BCUT2D eigenvalue weighted by molar-refractivity contribution is 6.23. The van der Waals surface area contributed by atoms with E-state index in [1.807, 2.05) is 19.9 Å².